The Bertz CT molecular complexity index is 703. The summed E-state index contributed by atoms with van der Waals surface area (Å²) in [5.41, 5.74) is 3.59. The molecule has 0 unspecified atom stereocenters. The summed E-state index contributed by atoms with van der Waals surface area (Å²) in [6.45, 7) is 2.85. The maximum Gasteiger partial charge on any atom is 0.213 e. The summed E-state index contributed by atoms with van der Waals surface area (Å²) < 4.78 is 25.3. The number of sulfonamides is 1. The van der Waals surface area contributed by atoms with Crippen LogP contribution in [-0.4, -0.2) is 47.6 Å². The van der Waals surface area contributed by atoms with Gasteiger partial charge >= 0.3 is 0 Å². The number of nitrogens with one attached hydrogen (secondary N) is 1. The fourth-order valence-electron chi connectivity index (χ4n) is 2.43. The summed E-state index contributed by atoms with van der Waals surface area (Å²) in [6.07, 6.45) is 1.62. The van der Waals surface area contributed by atoms with Crippen molar-refractivity contribution < 1.29 is 8.42 Å². The molecule has 1 aliphatic rings. The average molecular weight is 359 g/mol. The Kier molecular flexibility index (Phi) is 4.76. The third-order valence-corrected chi connectivity index (χ3v) is 6.98. The minimum Gasteiger partial charge on any atom is -0.359 e. The van der Waals surface area contributed by atoms with Crippen LogP contribution in [0.3, 0.4) is 0 Å². The van der Waals surface area contributed by atoms with E-state index in [1.165, 1.54) is 0 Å². The first-order valence-corrected chi connectivity index (χ1v) is 10.6. The second-order valence-electron chi connectivity index (χ2n) is 5.13. The van der Waals surface area contributed by atoms with Gasteiger partial charge in [-0.3, -0.25) is 0 Å². The van der Waals surface area contributed by atoms with Crippen LogP contribution in [0, 0.1) is 0 Å². The van der Waals surface area contributed by atoms with E-state index in [0.717, 1.165) is 29.4 Å². The molecule has 1 aliphatic heterocycles. The Hall–Kier alpha value is -1.03. The Balaban J connectivity index is 1.57. The minimum atomic E-state index is -3.06. The van der Waals surface area contributed by atoms with Gasteiger partial charge in [-0.1, -0.05) is 0 Å². The van der Waals surface area contributed by atoms with Gasteiger partial charge in [-0.05, 0) is 19.8 Å². The van der Waals surface area contributed by atoms with E-state index in [9.17, 15) is 8.42 Å². The zero-order chi connectivity index (χ0) is 15.6. The molecule has 22 heavy (non-hydrogen) atoms. The molecule has 120 valence electrons. The fraction of sp³-hybridized carbons (Fsp3) is 0.538. The Morgan fingerprint density at radius 2 is 2.09 bits per heavy atom. The van der Waals surface area contributed by atoms with Crippen molar-refractivity contribution in [3.63, 3.8) is 0 Å². The Morgan fingerprint density at radius 3 is 2.73 bits per heavy atom. The molecule has 0 radical (unpaired) electrons. The molecule has 0 aliphatic carbocycles. The molecule has 0 amide bonds. The van der Waals surface area contributed by atoms with E-state index < -0.39 is 10.0 Å². The number of thiazole rings is 2. The van der Waals surface area contributed by atoms with Crippen molar-refractivity contribution in [2.45, 2.75) is 25.8 Å². The lowest BCUT2D eigenvalue weighted by atomic mass is 10.1. The van der Waals surface area contributed by atoms with Crippen LogP contribution in [0.1, 0.15) is 19.8 Å². The normalized spacial score (nSPS) is 17.7. The molecule has 0 saturated carbocycles. The maximum absolute atomic E-state index is 11.8. The molecular formula is C13H18N4O2S3. The molecule has 1 fully saturated rings. The highest BCUT2D eigenvalue weighted by Crippen LogP contribution is 2.26. The number of hydrogen-bond donors (Lipinski definition) is 1. The van der Waals surface area contributed by atoms with Crippen LogP contribution in [0.4, 0.5) is 5.13 Å². The van der Waals surface area contributed by atoms with Crippen LogP contribution in [-0.2, 0) is 10.0 Å². The minimum absolute atomic E-state index is 0.175. The third-order valence-electron chi connectivity index (χ3n) is 3.74. The van der Waals surface area contributed by atoms with Crippen LogP contribution in [0.5, 0.6) is 0 Å². The van der Waals surface area contributed by atoms with Gasteiger partial charge in [0.2, 0.25) is 10.0 Å². The highest BCUT2D eigenvalue weighted by molar-refractivity contribution is 7.89. The summed E-state index contributed by atoms with van der Waals surface area (Å²) >= 11 is 3.12. The second kappa shape index (κ2) is 6.61. The molecule has 0 spiro atoms. The van der Waals surface area contributed by atoms with Crippen molar-refractivity contribution >= 4 is 37.8 Å². The Morgan fingerprint density at radius 1 is 1.32 bits per heavy atom. The van der Waals surface area contributed by atoms with E-state index in [1.54, 1.807) is 39.4 Å². The molecule has 0 atom stereocenters. The molecule has 6 nitrogen and oxygen atoms in total. The van der Waals surface area contributed by atoms with Gasteiger partial charge < -0.3 is 5.32 Å². The highest BCUT2D eigenvalue weighted by atomic mass is 32.2. The molecule has 0 bridgehead atoms. The number of hydrogen-bond acceptors (Lipinski definition) is 7. The predicted octanol–water partition coefficient (Wildman–Crippen LogP) is 2.49. The van der Waals surface area contributed by atoms with Crippen molar-refractivity contribution in [3.8, 4) is 11.4 Å². The van der Waals surface area contributed by atoms with E-state index in [-0.39, 0.29) is 11.8 Å². The summed E-state index contributed by atoms with van der Waals surface area (Å²) in [6, 6.07) is 0.276. The van der Waals surface area contributed by atoms with E-state index in [0.29, 0.717) is 13.1 Å². The maximum atomic E-state index is 11.8. The van der Waals surface area contributed by atoms with Gasteiger partial charge in [0, 0.05) is 29.9 Å². The van der Waals surface area contributed by atoms with Crippen molar-refractivity contribution in [3.05, 3.63) is 16.3 Å². The monoisotopic (exact) mass is 358 g/mol. The number of anilines is 1. The fourth-order valence-corrected chi connectivity index (χ4v) is 4.89. The van der Waals surface area contributed by atoms with Crippen LogP contribution in [0.25, 0.3) is 11.4 Å². The van der Waals surface area contributed by atoms with E-state index >= 15 is 0 Å². The number of rotatable bonds is 5. The summed E-state index contributed by atoms with van der Waals surface area (Å²) in [4.78, 5) is 8.81. The third kappa shape index (κ3) is 3.48. The summed E-state index contributed by atoms with van der Waals surface area (Å²) in [5, 5.41) is 8.26. The van der Waals surface area contributed by atoms with E-state index in [1.807, 2.05) is 10.8 Å². The van der Waals surface area contributed by atoms with Gasteiger partial charge in [0.15, 0.2) is 5.13 Å². The molecule has 3 rings (SSSR count). The SMILES string of the molecule is CCS(=O)(=O)N1CCC(Nc2nc(-c3cscn3)cs2)CC1. The molecule has 2 aromatic heterocycles. The smallest absolute Gasteiger partial charge is 0.213 e. The summed E-state index contributed by atoms with van der Waals surface area (Å²) in [5.74, 6) is 0.175. The molecule has 3 heterocycles. The zero-order valence-corrected chi connectivity index (χ0v) is 14.7. The van der Waals surface area contributed by atoms with Gasteiger partial charge in [-0.25, -0.2) is 22.7 Å². The van der Waals surface area contributed by atoms with Crippen molar-refractivity contribution in [2.24, 2.45) is 0 Å². The van der Waals surface area contributed by atoms with Crippen LogP contribution in [0.15, 0.2) is 16.3 Å². The lowest BCUT2D eigenvalue weighted by molar-refractivity contribution is 0.330. The van der Waals surface area contributed by atoms with Gasteiger partial charge in [-0.15, -0.1) is 22.7 Å². The van der Waals surface area contributed by atoms with Crippen molar-refractivity contribution in [1.82, 2.24) is 14.3 Å². The first-order valence-electron chi connectivity index (χ1n) is 7.17. The summed E-state index contributed by atoms with van der Waals surface area (Å²) in [7, 11) is -3.06. The first-order chi connectivity index (χ1) is 10.6. The van der Waals surface area contributed by atoms with Gasteiger partial charge in [0.05, 0.1) is 11.3 Å². The standard InChI is InChI=1S/C13H18N4O2S3/c1-2-22(18,19)17-5-3-10(4-6-17)15-13-16-12(8-21-13)11-7-20-9-14-11/h7-10H,2-6H2,1H3,(H,15,16). The van der Waals surface area contributed by atoms with Gasteiger partial charge in [-0.2, -0.15) is 0 Å². The zero-order valence-electron chi connectivity index (χ0n) is 12.2. The number of piperidine rings is 1. The molecular weight excluding hydrogens is 340 g/mol. The lowest BCUT2D eigenvalue weighted by Crippen LogP contribution is -2.42. The van der Waals surface area contributed by atoms with Gasteiger partial charge in [0.25, 0.3) is 0 Å². The first kappa shape index (κ1) is 15.9. The molecule has 2 aromatic rings. The second-order valence-corrected chi connectivity index (χ2v) is 8.96. The molecule has 1 saturated heterocycles. The predicted molar refractivity (Wildman–Crippen MR) is 90.9 cm³/mol. The van der Waals surface area contributed by atoms with Crippen LogP contribution in [0.2, 0.25) is 0 Å². The van der Waals surface area contributed by atoms with E-state index in [4.69, 9.17) is 0 Å². The number of aromatic nitrogens is 2. The van der Waals surface area contributed by atoms with Crippen LogP contribution < -0.4 is 5.32 Å². The van der Waals surface area contributed by atoms with Crippen LogP contribution >= 0.6 is 22.7 Å². The topological polar surface area (TPSA) is 75.2 Å². The lowest BCUT2D eigenvalue weighted by Gasteiger charge is -2.31. The van der Waals surface area contributed by atoms with Gasteiger partial charge in [0.1, 0.15) is 11.4 Å². The number of nitrogens with zero attached hydrogens (tertiary/aromatic N) is 3. The molecule has 9 heteroatoms. The van der Waals surface area contributed by atoms with E-state index in [2.05, 4.69) is 15.3 Å². The largest absolute Gasteiger partial charge is 0.359 e. The Labute approximate surface area is 138 Å². The molecule has 1 N–H and O–H groups in total. The highest BCUT2D eigenvalue weighted by Gasteiger charge is 2.26. The van der Waals surface area contributed by atoms with Crippen molar-refractivity contribution in [1.29, 1.82) is 0 Å². The quantitative estimate of drug-likeness (QED) is 0.889. The molecule has 0 aromatic carbocycles. The van der Waals surface area contributed by atoms with Crippen molar-refractivity contribution in [2.75, 3.05) is 24.2 Å². The average Bonchev–Trinajstić information content (AvgIpc) is 3.18.